The number of carbonyl (C=O) groups excluding carboxylic acids is 1. The van der Waals surface area contributed by atoms with Gasteiger partial charge in [0, 0.05) is 0 Å². The van der Waals surface area contributed by atoms with Crippen LogP contribution < -0.4 is 9.64 Å². The lowest BCUT2D eigenvalue weighted by Crippen LogP contribution is -2.27. The molecule has 3 nitrogen and oxygen atoms in total. The maximum absolute atomic E-state index is 13.1. The second-order valence-corrected chi connectivity index (χ2v) is 6.81. The maximum atomic E-state index is 13.1. The molecule has 2 aromatic rings. The van der Waals surface area contributed by atoms with Gasteiger partial charge in [-0.25, -0.2) is 4.39 Å². The molecule has 1 saturated heterocycles. The first kappa shape index (κ1) is 16.7. The molecule has 0 aliphatic carbocycles. The van der Waals surface area contributed by atoms with Crippen LogP contribution in [0.3, 0.4) is 0 Å². The zero-order chi connectivity index (χ0) is 17.3. The third-order valence-corrected chi connectivity index (χ3v) is 5.19. The minimum atomic E-state index is -0.308. The Labute approximate surface area is 149 Å². The molecule has 0 bridgehead atoms. The van der Waals surface area contributed by atoms with E-state index in [1.165, 1.54) is 28.8 Å². The van der Waals surface area contributed by atoms with E-state index in [-0.39, 0.29) is 11.7 Å². The number of amides is 1. The van der Waals surface area contributed by atoms with Crippen LogP contribution in [-0.4, -0.2) is 17.3 Å². The molecule has 122 valence electrons. The summed E-state index contributed by atoms with van der Waals surface area (Å²) < 4.78 is 18.7. The van der Waals surface area contributed by atoms with Crippen molar-refractivity contribution in [3.63, 3.8) is 0 Å². The van der Waals surface area contributed by atoms with Gasteiger partial charge < -0.3 is 4.74 Å². The summed E-state index contributed by atoms with van der Waals surface area (Å²) in [5, 5.41) is 0. The van der Waals surface area contributed by atoms with Crippen molar-refractivity contribution in [3.8, 4) is 5.75 Å². The number of hydrogen-bond donors (Lipinski definition) is 0. The highest BCUT2D eigenvalue weighted by molar-refractivity contribution is 8.27. The number of rotatable bonds is 3. The molecule has 1 heterocycles. The number of anilines is 1. The van der Waals surface area contributed by atoms with Crippen LogP contribution in [0.4, 0.5) is 10.1 Å². The Morgan fingerprint density at radius 1 is 1.12 bits per heavy atom. The monoisotopic (exact) mass is 359 g/mol. The van der Waals surface area contributed by atoms with Crippen LogP contribution in [-0.2, 0) is 4.79 Å². The van der Waals surface area contributed by atoms with Crippen molar-refractivity contribution < 1.29 is 13.9 Å². The molecule has 1 amide bonds. The van der Waals surface area contributed by atoms with E-state index in [1.54, 1.807) is 43.5 Å². The highest BCUT2D eigenvalue weighted by Gasteiger charge is 2.34. The molecule has 3 rings (SSSR count). The number of thioether (sulfide) groups is 1. The summed E-state index contributed by atoms with van der Waals surface area (Å²) in [6, 6.07) is 13.2. The zero-order valence-electron chi connectivity index (χ0n) is 13.1. The fourth-order valence-corrected chi connectivity index (χ4v) is 3.73. The molecule has 1 aliphatic heterocycles. The van der Waals surface area contributed by atoms with Gasteiger partial charge in [0.1, 0.15) is 11.6 Å². The van der Waals surface area contributed by atoms with Gasteiger partial charge in [-0.1, -0.05) is 36.1 Å². The summed E-state index contributed by atoms with van der Waals surface area (Å²) in [4.78, 5) is 14.9. The first-order chi connectivity index (χ1) is 11.5. The average molecular weight is 359 g/mol. The fourth-order valence-electron chi connectivity index (χ4n) is 2.38. The Balaban J connectivity index is 1.95. The lowest BCUT2D eigenvalue weighted by atomic mass is 10.1. The number of hydrogen-bond acceptors (Lipinski definition) is 4. The van der Waals surface area contributed by atoms with E-state index < -0.39 is 0 Å². The molecule has 2 aromatic carbocycles. The first-order valence-corrected chi connectivity index (χ1v) is 8.41. The predicted octanol–water partition coefficient (Wildman–Crippen LogP) is 4.63. The van der Waals surface area contributed by atoms with E-state index in [0.717, 1.165) is 11.1 Å². The average Bonchev–Trinajstić information content (AvgIpc) is 2.89. The summed E-state index contributed by atoms with van der Waals surface area (Å²) in [7, 11) is 1.59. The van der Waals surface area contributed by atoms with Gasteiger partial charge >= 0.3 is 0 Å². The van der Waals surface area contributed by atoms with Gasteiger partial charge in [-0.15, -0.1) is 0 Å². The molecule has 0 atom stereocenters. The number of allylic oxidation sites excluding steroid dienone is 1. The Bertz CT molecular complexity index is 829. The fraction of sp³-hybridized carbons (Fsp3) is 0.111. The second-order valence-electron chi connectivity index (χ2n) is 5.17. The lowest BCUT2D eigenvalue weighted by molar-refractivity contribution is -0.113. The van der Waals surface area contributed by atoms with Crippen LogP contribution >= 0.6 is 24.0 Å². The Morgan fingerprint density at radius 3 is 2.33 bits per heavy atom. The molecule has 0 spiro atoms. The number of carbonyl (C=O) groups is 1. The van der Waals surface area contributed by atoms with Gasteiger partial charge in [-0.2, -0.15) is 0 Å². The number of nitrogens with zero attached hydrogens (tertiary/aromatic N) is 1. The number of benzene rings is 2. The van der Waals surface area contributed by atoms with Gasteiger partial charge in [-0.05, 0) is 54.5 Å². The minimum Gasteiger partial charge on any atom is -0.497 e. The van der Waals surface area contributed by atoms with Crippen LogP contribution in [0.2, 0.25) is 0 Å². The second kappa shape index (κ2) is 6.75. The molecular formula is C18H14FNO2S2. The van der Waals surface area contributed by atoms with Gasteiger partial charge in [0.05, 0.1) is 17.7 Å². The Kier molecular flexibility index (Phi) is 4.69. The minimum absolute atomic E-state index is 0.169. The van der Waals surface area contributed by atoms with Crippen molar-refractivity contribution >= 4 is 45.5 Å². The smallest absolute Gasteiger partial charge is 0.271 e. The van der Waals surface area contributed by atoms with Crippen molar-refractivity contribution in [1.29, 1.82) is 0 Å². The van der Waals surface area contributed by atoms with Gasteiger partial charge in [-0.3, -0.25) is 9.69 Å². The lowest BCUT2D eigenvalue weighted by Gasteiger charge is -2.15. The quantitative estimate of drug-likeness (QED) is 0.590. The molecular weight excluding hydrogens is 345 g/mol. The Morgan fingerprint density at radius 2 is 1.75 bits per heavy atom. The van der Waals surface area contributed by atoms with Crippen LogP contribution in [0.15, 0.2) is 53.4 Å². The summed E-state index contributed by atoms with van der Waals surface area (Å²) >= 11 is 6.63. The van der Waals surface area contributed by atoms with E-state index in [9.17, 15) is 9.18 Å². The molecule has 1 aliphatic rings. The first-order valence-electron chi connectivity index (χ1n) is 7.18. The van der Waals surface area contributed by atoms with E-state index in [1.807, 2.05) is 6.92 Å². The van der Waals surface area contributed by atoms with E-state index in [2.05, 4.69) is 0 Å². The standard InChI is InChI=1S/C18H14FNO2S2/c1-11(12-3-5-13(19)6-4-12)16-17(21)20(18(23)24-16)14-7-9-15(22-2)10-8-14/h3-10H,1-2H3/b16-11+. The largest absolute Gasteiger partial charge is 0.497 e. The topological polar surface area (TPSA) is 29.5 Å². The number of halogens is 1. The van der Waals surface area contributed by atoms with E-state index in [0.29, 0.717) is 20.7 Å². The van der Waals surface area contributed by atoms with E-state index >= 15 is 0 Å². The molecule has 0 unspecified atom stereocenters. The van der Waals surface area contributed by atoms with Crippen LogP contribution in [0.5, 0.6) is 5.75 Å². The van der Waals surface area contributed by atoms with E-state index in [4.69, 9.17) is 17.0 Å². The van der Waals surface area contributed by atoms with Gasteiger partial charge in [0.15, 0.2) is 4.32 Å². The molecule has 0 aromatic heterocycles. The molecule has 0 saturated carbocycles. The van der Waals surface area contributed by atoms with Crippen molar-refractivity contribution in [2.75, 3.05) is 12.0 Å². The van der Waals surface area contributed by atoms with Crippen molar-refractivity contribution in [2.24, 2.45) is 0 Å². The van der Waals surface area contributed by atoms with Crippen molar-refractivity contribution in [3.05, 3.63) is 64.8 Å². The maximum Gasteiger partial charge on any atom is 0.271 e. The van der Waals surface area contributed by atoms with Crippen molar-refractivity contribution in [1.82, 2.24) is 0 Å². The predicted molar refractivity (Wildman–Crippen MR) is 99.7 cm³/mol. The molecule has 24 heavy (non-hydrogen) atoms. The van der Waals surface area contributed by atoms with Crippen LogP contribution in [0, 0.1) is 5.82 Å². The summed E-state index contributed by atoms with van der Waals surface area (Å²) in [6.07, 6.45) is 0. The zero-order valence-corrected chi connectivity index (χ0v) is 14.7. The summed E-state index contributed by atoms with van der Waals surface area (Å²) in [6.45, 7) is 1.84. The third-order valence-electron chi connectivity index (χ3n) is 3.72. The van der Waals surface area contributed by atoms with Crippen LogP contribution in [0.25, 0.3) is 5.57 Å². The third kappa shape index (κ3) is 3.07. The highest BCUT2D eigenvalue weighted by Crippen LogP contribution is 2.39. The number of methoxy groups -OCH3 is 1. The molecule has 0 N–H and O–H groups in total. The van der Waals surface area contributed by atoms with Crippen molar-refractivity contribution in [2.45, 2.75) is 6.92 Å². The molecule has 0 radical (unpaired) electrons. The normalized spacial score (nSPS) is 16.5. The Hall–Kier alpha value is -2.18. The van der Waals surface area contributed by atoms with Gasteiger partial charge in [0.2, 0.25) is 0 Å². The highest BCUT2D eigenvalue weighted by atomic mass is 32.2. The summed E-state index contributed by atoms with van der Waals surface area (Å²) in [5.41, 5.74) is 2.27. The number of thiocarbonyl (C=S) groups is 1. The van der Waals surface area contributed by atoms with Crippen LogP contribution in [0.1, 0.15) is 12.5 Å². The number of ether oxygens (including phenoxy) is 1. The molecule has 6 heteroatoms. The summed E-state index contributed by atoms with van der Waals surface area (Å²) in [5.74, 6) is 0.233. The molecule has 1 fully saturated rings. The van der Waals surface area contributed by atoms with Gasteiger partial charge in [0.25, 0.3) is 5.91 Å². The SMILES string of the molecule is COc1ccc(N2C(=O)/C(=C(/C)c3ccc(F)cc3)SC2=S)cc1.